The van der Waals surface area contributed by atoms with Crippen LogP contribution in [-0.2, 0) is 6.18 Å². The van der Waals surface area contributed by atoms with Crippen molar-refractivity contribution >= 4 is 22.5 Å². The predicted octanol–water partition coefficient (Wildman–Crippen LogP) is 2.52. The molecule has 0 saturated carbocycles. The molecule has 0 saturated heterocycles. The number of aromatic nitrogens is 3. The number of aromatic amines is 2. The number of halogens is 3. The molecule has 1 amide bonds. The van der Waals surface area contributed by atoms with Gasteiger partial charge in [0.15, 0.2) is 5.69 Å². The van der Waals surface area contributed by atoms with Gasteiger partial charge in [0, 0.05) is 11.6 Å². The van der Waals surface area contributed by atoms with Crippen LogP contribution in [0.25, 0.3) is 10.9 Å². The van der Waals surface area contributed by atoms with Crippen LogP contribution in [0, 0.1) is 0 Å². The van der Waals surface area contributed by atoms with Crippen molar-refractivity contribution in [1.29, 1.82) is 0 Å². The third-order valence-electron chi connectivity index (χ3n) is 3.16. The molecule has 23 heavy (non-hydrogen) atoms. The van der Waals surface area contributed by atoms with Gasteiger partial charge in [0.25, 0.3) is 11.5 Å². The number of H-pyrrole nitrogens is 2. The van der Waals surface area contributed by atoms with Gasteiger partial charge in [0.05, 0.1) is 11.1 Å². The molecule has 0 spiro atoms. The van der Waals surface area contributed by atoms with Gasteiger partial charge in [-0.2, -0.15) is 18.3 Å². The summed E-state index contributed by atoms with van der Waals surface area (Å²) in [4.78, 5) is 25.7. The lowest BCUT2D eigenvalue weighted by Crippen LogP contribution is -2.21. The van der Waals surface area contributed by atoms with Crippen molar-refractivity contribution in [2.24, 2.45) is 0 Å². The Bertz CT molecular complexity index is 943. The quantitative estimate of drug-likeness (QED) is 0.677. The fourth-order valence-electron chi connectivity index (χ4n) is 2.06. The van der Waals surface area contributed by atoms with Gasteiger partial charge in [0.1, 0.15) is 5.69 Å². The van der Waals surface area contributed by atoms with Crippen LogP contribution in [0.2, 0.25) is 0 Å². The molecule has 3 N–H and O–H groups in total. The molecule has 3 aromatic rings. The zero-order chi connectivity index (χ0) is 16.6. The molecule has 9 heteroatoms. The van der Waals surface area contributed by atoms with Crippen LogP contribution >= 0.6 is 0 Å². The van der Waals surface area contributed by atoms with Crippen molar-refractivity contribution in [3.63, 3.8) is 0 Å². The smallest absolute Gasteiger partial charge is 0.327 e. The number of alkyl halides is 3. The minimum Gasteiger partial charge on any atom is -0.327 e. The highest BCUT2D eigenvalue weighted by atomic mass is 19.4. The van der Waals surface area contributed by atoms with Crippen LogP contribution in [0.4, 0.5) is 18.9 Å². The average molecular weight is 322 g/mol. The van der Waals surface area contributed by atoms with E-state index < -0.39 is 28.9 Å². The largest absolute Gasteiger partial charge is 0.417 e. The van der Waals surface area contributed by atoms with Crippen molar-refractivity contribution in [3.05, 3.63) is 58.1 Å². The molecular formula is C14H9F3N4O2. The van der Waals surface area contributed by atoms with Crippen molar-refractivity contribution in [3.8, 4) is 0 Å². The number of carbonyl (C=O) groups is 1. The highest BCUT2D eigenvalue weighted by Crippen LogP contribution is 2.29. The molecule has 0 bridgehead atoms. The molecule has 2 aromatic heterocycles. The summed E-state index contributed by atoms with van der Waals surface area (Å²) < 4.78 is 38.0. The second-order valence-electron chi connectivity index (χ2n) is 4.70. The van der Waals surface area contributed by atoms with Crippen LogP contribution in [0.15, 0.2) is 41.3 Å². The van der Waals surface area contributed by atoms with Crippen LogP contribution in [-0.4, -0.2) is 21.1 Å². The molecule has 118 valence electrons. The third kappa shape index (κ3) is 2.80. The molecule has 0 atom stereocenters. The Labute approximate surface area is 126 Å². The Hall–Kier alpha value is -3.10. The molecule has 0 aliphatic heterocycles. The summed E-state index contributed by atoms with van der Waals surface area (Å²) >= 11 is 0. The Kier molecular flexibility index (Phi) is 3.40. The van der Waals surface area contributed by atoms with Crippen molar-refractivity contribution in [1.82, 2.24) is 15.2 Å². The first kappa shape index (κ1) is 14.8. The van der Waals surface area contributed by atoms with Gasteiger partial charge < -0.3 is 10.3 Å². The first-order valence-corrected chi connectivity index (χ1v) is 6.40. The van der Waals surface area contributed by atoms with Crippen LogP contribution < -0.4 is 10.9 Å². The van der Waals surface area contributed by atoms with Crippen LogP contribution in [0.3, 0.4) is 0 Å². The van der Waals surface area contributed by atoms with Gasteiger partial charge >= 0.3 is 6.18 Å². The van der Waals surface area contributed by atoms with E-state index in [1.807, 2.05) is 4.98 Å². The maximum absolute atomic E-state index is 12.7. The van der Waals surface area contributed by atoms with E-state index in [9.17, 15) is 22.8 Å². The van der Waals surface area contributed by atoms with Crippen molar-refractivity contribution < 1.29 is 18.0 Å². The fraction of sp³-hybridized carbons (Fsp3) is 0.0714. The maximum atomic E-state index is 12.7. The number of carbonyl (C=O) groups excluding carboxylic acids is 1. The number of anilines is 1. The topological polar surface area (TPSA) is 90.6 Å². The molecule has 0 fully saturated rings. The van der Waals surface area contributed by atoms with E-state index in [2.05, 4.69) is 15.5 Å². The highest BCUT2D eigenvalue weighted by molar-refractivity contribution is 6.11. The zero-order valence-corrected chi connectivity index (χ0v) is 11.4. The van der Waals surface area contributed by atoms with E-state index in [-0.39, 0.29) is 5.69 Å². The summed E-state index contributed by atoms with van der Waals surface area (Å²) in [6, 6.07) is 7.32. The van der Waals surface area contributed by atoms with Gasteiger partial charge in [-0.3, -0.25) is 14.7 Å². The summed E-state index contributed by atoms with van der Waals surface area (Å²) in [5, 5.41) is 9.10. The molecular weight excluding hydrogens is 313 g/mol. The molecule has 1 aromatic carbocycles. The number of nitrogens with zero attached hydrogens (tertiary/aromatic N) is 1. The van der Waals surface area contributed by atoms with E-state index in [0.29, 0.717) is 23.2 Å². The average Bonchev–Trinajstić information content (AvgIpc) is 2.92. The van der Waals surface area contributed by atoms with E-state index in [1.54, 1.807) is 24.3 Å². The molecule has 0 aliphatic carbocycles. The summed E-state index contributed by atoms with van der Waals surface area (Å²) in [6.45, 7) is 0. The minimum absolute atomic E-state index is 0.0163. The Balaban J connectivity index is 1.96. The molecule has 3 rings (SSSR count). The number of pyridine rings is 1. The lowest BCUT2D eigenvalue weighted by atomic mass is 10.2. The van der Waals surface area contributed by atoms with Gasteiger partial charge in [-0.15, -0.1) is 0 Å². The number of nitrogens with one attached hydrogen (secondary N) is 3. The fourth-order valence-corrected chi connectivity index (χ4v) is 2.06. The standard InChI is InChI=1S/C14H9F3N4O2/c15-14(16,17)7-5-10(12(22)18-6-7)19-13(23)11-8-3-1-2-4-9(8)20-21-11/h1-6H,(H,18,22)(H,19,23)(H,20,21). The summed E-state index contributed by atoms with van der Waals surface area (Å²) in [6.07, 6.45) is -4.09. The van der Waals surface area contributed by atoms with Gasteiger partial charge in [-0.1, -0.05) is 18.2 Å². The zero-order valence-electron chi connectivity index (χ0n) is 11.4. The molecule has 0 radical (unpaired) electrons. The highest BCUT2D eigenvalue weighted by Gasteiger charge is 2.31. The van der Waals surface area contributed by atoms with E-state index in [1.165, 1.54) is 0 Å². The third-order valence-corrected chi connectivity index (χ3v) is 3.16. The van der Waals surface area contributed by atoms with Gasteiger partial charge in [0.2, 0.25) is 0 Å². The van der Waals surface area contributed by atoms with Crippen LogP contribution in [0.5, 0.6) is 0 Å². The maximum Gasteiger partial charge on any atom is 0.417 e. The second kappa shape index (κ2) is 5.27. The lowest BCUT2D eigenvalue weighted by molar-refractivity contribution is -0.137. The van der Waals surface area contributed by atoms with Crippen LogP contribution in [0.1, 0.15) is 16.1 Å². The summed E-state index contributed by atoms with van der Waals surface area (Å²) in [5.74, 6) is -0.785. The number of hydrogen-bond acceptors (Lipinski definition) is 3. The molecule has 2 heterocycles. The number of fused-ring (bicyclic) bond motifs is 1. The summed E-state index contributed by atoms with van der Waals surface area (Å²) in [5.41, 5.74) is -1.84. The van der Waals surface area contributed by atoms with Gasteiger partial charge in [-0.05, 0) is 12.1 Å². The van der Waals surface area contributed by atoms with E-state index in [0.717, 1.165) is 0 Å². The first-order chi connectivity index (χ1) is 10.9. The van der Waals surface area contributed by atoms with Gasteiger partial charge in [-0.25, -0.2) is 0 Å². The number of benzene rings is 1. The lowest BCUT2D eigenvalue weighted by Gasteiger charge is -2.08. The number of para-hydroxylation sites is 1. The number of hydrogen-bond donors (Lipinski definition) is 3. The van der Waals surface area contributed by atoms with Crippen molar-refractivity contribution in [2.75, 3.05) is 5.32 Å². The molecule has 6 nitrogen and oxygen atoms in total. The van der Waals surface area contributed by atoms with E-state index >= 15 is 0 Å². The number of rotatable bonds is 2. The molecule has 0 aliphatic rings. The SMILES string of the molecule is O=C(Nc1cc(C(F)(F)F)c[nH]c1=O)c1n[nH]c2ccccc12. The Morgan fingerprint density at radius 1 is 1.22 bits per heavy atom. The second-order valence-corrected chi connectivity index (χ2v) is 4.70. The minimum atomic E-state index is -4.64. The first-order valence-electron chi connectivity index (χ1n) is 6.40. The summed E-state index contributed by atoms with van der Waals surface area (Å²) in [7, 11) is 0. The van der Waals surface area contributed by atoms with E-state index in [4.69, 9.17) is 0 Å². The van der Waals surface area contributed by atoms with Crippen molar-refractivity contribution in [2.45, 2.75) is 6.18 Å². The normalized spacial score (nSPS) is 11.6. The number of amides is 1. The monoisotopic (exact) mass is 322 g/mol. The Morgan fingerprint density at radius 3 is 2.70 bits per heavy atom. The Morgan fingerprint density at radius 2 is 1.96 bits per heavy atom. The predicted molar refractivity (Wildman–Crippen MR) is 76.1 cm³/mol. The molecule has 0 unspecified atom stereocenters.